The Bertz CT molecular complexity index is 405. The first-order chi connectivity index (χ1) is 8.72. The van der Waals surface area contributed by atoms with Crippen molar-refractivity contribution in [2.24, 2.45) is 5.92 Å². The normalized spacial score (nSPS) is 19.9. The maximum atomic E-state index is 9.22. The van der Waals surface area contributed by atoms with Gasteiger partial charge in [0.2, 0.25) is 11.2 Å². The number of aliphatic hydroxyl groups is 1. The third kappa shape index (κ3) is 3.20. The highest BCUT2D eigenvalue weighted by atomic mass is 35.5. The summed E-state index contributed by atoms with van der Waals surface area (Å²) >= 11 is 5.86. The average molecular weight is 273 g/mol. The second-order valence-corrected chi connectivity index (χ2v) is 4.59. The molecule has 1 atom stereocenters. The molecule has 0 bridgehead atoms. The molecule has 1 aromatic rings. The summed E-state index contributed by atoms with van der Waals surface area (Å²) in [4.78, 5) is 14.3. The Morgan fingerprint density at radius 1 is 1.44 bits per heavy atom. The number of aromatic nitrogens is 3. The van der Waals surface area contributed by atoms with E-state index in [-0.39, 0.29) is 23.8 Å². The maximum absolute atomic E-state index is 9.22. The van der Waals surface area contributed by atoms with Crippen molar-refractivity contribution in [2.45, 2.75) is 19.8 Å². The molecule has 1 fully saturated rings. The molecule has 0 amide bonds. The molecule has 1 aromatic heterocycles. The van der Waals surface area contributed by atoms with Crippen LogP contribution in [0.1, 0.15) is 19.8 Å². The fraction of sp³-hybridized carbons (Fsp3) is 0.727. The van der Waals surface area contributed by atoms with E-state index in [1.165, 1.54) is 0 Å². The van der Waals surface area contributed by atoms with E-state index in [4.69, 9.17) is 16.3 Å². The average Bonchev–Trinajstić information content (AvgIpc) is 2.38. The molecule has 0 aliphatic carbocycles. The summed E-state index contributed by atoms with van der Waals surface area (Å²) < 4.78 is 5.25. The Morgan fingerprint density at radius 3 is 3.00 bits per heavy atom. The van der Waals surface area contributed by atoms with Gasteiger partial charge in [-0.05, 0) is 37.3 Å². The first-order valence-electron chi connectivity index (χ1n) is 6.13. The van der Waals surface area contributed by atoms with Crippen LogP contribution in [0.15, 0.2) is 0 Å². The first kappa shape index (κ1) is 13.3. The van der Waals surface area contributed by atoms with Gasteiger partial charge in [-0.1, -0.05) is 0 Å². The highest BCUT2D eigenvalue weighted by Crippen LogP contribution is 2.22. The van der Waals surface area contributed by atoms with Gasteiger partial charge in [0.15, 0.2) is 0 Å². The summed E-state index contributed by atoms with van der Waals surface area (Å²) in [5.41, 5.74) is 0. The van der Waals surface area contributed by atoms with Crippen LogP contribution in [0.25, 0.3) is 0 Å². The molecule has 18 heavy (non-hydrogen) atoms. The van der Waals surface area contributed by atoms with Crippen molar-refractivity contribution in [3.8, 4) is 6.01 Å². The number of piperidine rings is 1. The molecule has 1 unspecified atom stereocenters. The van der Waals surface area contributed by atoms with Crippen molar-refractivity contribution in [1.82, 2.24) is 15.0 Å². The van der Waals surface area contributed by atoms with Crippen LogP contribution in [-0.4, -0.2) is 46.4 Å². The van der Waals surface area contributed by atoms with Gasteiger partial charge in [0.25, 0.3) is 0 Å². The molecule has 0 saturated carbocycles. The van der Waals surface area contributed by atoms with E-state index in [2.05, 4.69) is 15.0 Å². The number of ether oxygens (including phenoxy) is 1. The van der Waals surface area contributed by atoms with Crippen molar-refractivity contribution in [2.75, 3.05) is 31.2 Å². The molecule has 0 radical (unpaired) electrons. The molecule has 100 valence electrons. The van der Waals surface area contributed by atoms with Crippen LogP contribution in [0.4, 0.5) is 5.95 Å². The van der Waals surface area contributed by atoms with Crippen LogP contribution in [0, 0.1) is 5.92 Å². The summed E-state index contributed by atoms with van der Waals surface area (Å²) in [6.07, 6.45) is 2.04. The predicted octanol–water partition coefficient (Wildman–Crippen LogP) is 1.13. The molecule has 1 aliphatic rings. The van der Waals surface area contributed by atoms with Crippen LogP contribution in [0.2, 0.25) is 5.28 Å². The Kier molecular flexibility index (Phi) is 4.54. The summed E-state index contributed by atoms with van der Waals surface area (Å²) in [7, 11) is 0. The number of hydrogen-bond donors (Lipinski definition) is 1. The van der Waals surface area contributed by atoms with E-state index in [1.54, 1.807) is 0 Å². The molecule has 2 rings (SSSR count). The van der Waals surface area contributed by atoms with Gasteiger partial charge in [-0.3, -0.25) is 0 Å². The van der Waals surface area contributed by atoms with Gasteiger partial charge in [-0.15, -0.1) is 0 Å². The van der Waals surface area contributed by atoms with Gasteiger partial charge in [0, 0.05) is 19.7 Å². The number of aliphatic hydroxyl groups excluding tert-OH is 1. The lowest BCUT2D eigenvalue weighted by atomic mass is 9.99. The van der Waals surface area contributed by atoms with Gasteiger partial charge in [-0.2, -0.15) is 15.0 Å². The molecule has 1 saturated heterocycles. The van der Waals surface area contributed by atoms with Crippen LogP contribution >= 0.6 is 11.6 Å². The smallest absolute Gasteiger partial charge is 0.322 e. The number of anilines is 1. The van der Waals surface area contributed by atoms with Crippen LogP contribution in [0.5, 0.6) is 6.01 Å². The molecule has 0 spiro atoms. The van der Waals surface area contributed by atoms with Crippen molar-refractivity contribution in [3.63, 3.8) is 0 Å². The van der Waals surface area contributed by atoms with E-state index >= 15 is 0 Å². The number of hydrogen-bond acceptors (Lipinski definition) is 6. The van der Waals surface area contributed by atoms with Crippen molar-refractivity contribution in [3.05, 3.63) is 5.28 Å². The van der Waals surface area contributed by atoms with E-state index in [0.717, 1.165) is 25.9 Å². The highest BCUT2D eigenvalue weighted by Gasteiger charge is 2.22. The second-order valence-electron chi connectivity index (χ2n) is 4.26. The lowest BCUT2D eigenvalue weighted by Gasteiger charge is -2.31. The number of nitrogens with zero attached hydrogens (tertiary/aromatic N) is 4. The maximum Gasteiger partial charge on any atom is 0.322 e. The zero-order chi connectivity index (χ0) is 13.0. The highest BCUT2D eigenvalue weighted by molar-refractivity contribution is 6.28. The third-order valence-electron chi connectivity index (χ3n) is 2.91. The minimum absolute atomic E-state index is 0.134. The van der Waals surface area contributed by atoms with Gasteiger partial charge in [0.1, 0.15) is 0 Å². The van der Waals surface area contributed by atoms with E-state index in [1.807, 2.05) is 11.8 Å². The van der Waals surface area contributed by atoms with E-state index < -0.39 is 0 Å². The fourth-order valence-corrected chi connectivity index (χ4v) is 2.20. The lowest BCUT2D eigenvalue weighted by Crippen LogP contribution is -2.38. The number of rotatable bonds is 4. The summed E-state index contributed by atoms with van der Waals surface area (Å²) in [5.74, 6) is 0.793. The molecule has 0 aromatic carbocycles. The number of halogens is 1. The summed E-state index contributed by atoms with van der Waals surface area (Å²) in [6.45, 7) is 4.14. The molecular weight excluding hydrogens is 256 g/mol. The molecule has 6 nitrogen and oxygen atoms in total. The zero-order valence-electron chi connectivity index (χ0n) is 10.3. The van der Waals surface area contributed by atoms with Gasteiger partial charge in [-0.25, -0.2) is 0 Å². The van der Waals surface area contributed by atoms with Crippen molar-refractivity contribution < 1.29 is 9.84 Å². The molecule has 7 heteroatoms. The van der Waals surface area contributed by atoms with Crippen LogP contribution < -0.4 is 9.64 Å². The Morgan fingerprint density at radius 2 is 2.28 bits per heavy atom. The van der Waals surface area contributed by atoms with E-state index in [0.29, 0.717) is 12.6 Å². The fourth-order valence-electron chi connectivity index (χ4n) is 2.05. The molecular formula is C11H17ClN4O2. The Balaban J connectivity index is 2.16. The predicted molar refractivity (Wildman–Crippen MR) is 68.0 cm³/mol. The topological polar surface area (TPSA) is 71.4 Å². The Hall–Kier alpha value is -1.14. The Labute approximate surface area is 111 Å². The standard InChI is InChI=1S/C11H17ClN4O2/c1-2-18-11-14-9(12)13-10(15-11)16-5-3-4-8(6-16)7-17/h8,17H,2-7H2,1H3. The van der Waals surface area contributed by atoms with Crippen molar-refractivity contribution >= 4 is 17.5 Å². The minimum Gasteiger partial charge on any atom is -0.464 e. The van der Waals surface area contributed by atoms with Crippen LogP contribution in [-0.2, 0) is 0 Å². The summed E-state index contributed by atoms with van der Waals surface area (Å²) in [5, 5.41) is 9.35. The molecule has 2 heterocycles. The molecule has 1 N–H and O–H groups in total. The SMILES string of the molecule is CCOc1nc(Cl)nc(N2CCCC(CO)C2)n1. The molecule has 1 aliphatic heterocycles. The van der Waals surface area contributed by atoms with Crippen molar-refractivity contribution in [1.29, 1.82) is 0 Å². The van der Waals surface area contributed by atoms with Gasteiger partial charge in [0.05, 0.1) is 6.61 Å². The van der Waals surface area contributed by atoms with E-state index in [9.17, 15) is 5.11 Å². The summed E-state index contributed by atoms with van der Waals surface area (Å²) in [6, 6.07) is 0.249. The monoisotopic (exact) mass is 272 g/mol. The second kappa shape index (κ2) is 6.15. The third-order valence-corrected chi connectivity index (χ3v) is 3.08. The quantitative estimate of drug-likeness (QED) is 0.886. The van der Waals surface area contributed by atoms with Gasteiger partial charge < -0.3 is 14.7 Å². The van der Waals surface area contributed by atoms with Crippen LogP contribution in [0.3, 0.4) is 0 Å². The zero-order valence-corrected chi connectivity index (χ0v) is 11.1. The largest absolute Gasteiger partial charge is 0.464 e. The first-order valence-corrected chi connectivity index (χ1v) is 6.51. The minimum atomic E-state index is 0.134. The lowest BCUT2D eigenvalue weighted by molar-refractivity contribution is 0.208. The van der Waals surface area contributed by atoms with Gasteiger partial charge >= 0.3 is 6.01 Å².